The van der Waals surface area contributed by atoms with Crippen molar-refractivity contribution in [3.05, 3.63) is 41.7 Å². The lowest BCUT2D eigenvalue weighted by molar-refractivity contribution is 0.0945. The van der Waals surface area contributed by atoms with Gasteiger partial charge in [0, 0.05) is 19.1 Å². The number of imidazole rings is 1. The van der Waals surface area contributed by atoms with E-state index < -0.39 is 0 Å². The maximum atomic E-state index is 12.3. The van der Waals surface area contributed by atoms with Crippen molar-refractivity contribution in [2.45, 2.75) is 38.5 Å². The van der Waals surface area contributed by atoms with Gasteiger partial charge in [0.25, 0.3) is 5.91 Å². The highest BCUT2D eigenvalue weighted by atomic mass is 16.3. The van der Waals surface area contributed by atoms with Crippen LogP contribution in [0.3, 0.4) is 0 Å². The van der Waals surface area contributed by atoms with Gasteiger partial charge in [0.1, 0.15) is 0 Å². The Morgan fingerprint density at radius 1 is 1.26 bits per heavy atom. The normalized spacial score (nSPS) is 16.6. The summed E-state index contributed by atoms with van der Waals surface area (Å²) >= 11 is 0. The van der Waals surface area contributed by atoms with Crippen molar-refractivity contribution in [2.24, 2.45) is 0 Å². The molecule has 1 fully saturated rings. The van der Waals surface area contributed by atoms with Crippen molar-refractivity contribution in [3.63, 3.8) is 0 Å². The average molecular weight is 366 g/mol. The molecule has 0 bridgehead atoms. The molecule has 27 heavy (non-hydrogen) atoms. The van der Waals surface area contributed by atoms with Crippen LogP contribution in [-0.4, -0.2) is 49.5 Å². The van der Waals surface area contributed by atoms with Crippen molar-refractivity contribution >= 4 is 22.9 Å². The van der Waals surface area contributed by atoms with Crippen molar-refractivity contribution < 1.29 is 9.90 Å². The van der Waals surface area contributed by atoms with Gasteiger partial charge in [-0.3, -0.25) is 9.48 Å². The van der Waals surface area contributed by atoms with Crippen LogP contribution in [0.2, 0.25) is 0 Å². The Kier molecular flexibility index (Phi) is 3.86. The lowest BCUT2D eigenvalue weighted by Gasteiger charge is -2.29. The van der Waals surface area contributed by atoms with Crippen molar-refractivity contribution in [2.75, 3.05) is 18.1 Å². The minimum Gasteiger partial charge on any atom is -0.395 e. The summed E-state index contributed by atoms with van der Waals surface area (Å²) in [4.78, 5) is 19.3. The standard InChI is InChI=1S/C19H22N6O2/c26-10-9-24-17-4-2-1-3-15(17)21-19(24)23-7-8-25-14(12-23)11-16(22-25)18(27)20-13-5-6-13/h1-4,11,13,26H,5-10,12H2,(H,20,27). The van der Waals surface area contributed by atoms with Gasteiger partial charge < -0.3 is 19.9 Å². The van der Waals surface area contributed by atoms with E-state index in [1.165, 1.54) is 0 Å². The third kappa shape index (κ3) is 2.95. The van der Waals surface area contributed by atoms with Crippen LogP contribution in [0, 0.1) is 0 Å². The van der Waals surface area contributed by atoms with E-state index in [2.05, 4.69) is 19.9 Å². The number of rotatable bonds is 5. The highest BCUT2D eigenvalue weighted by Gasteiger charge is 2.27. The Balaban J connectivity index is 1.43. The summed E-state index contributed by atoms with van der Waals surface area (Å²) < 4.78 is 3.97. The van der Waals surface area contributed by atoms with Gasteiger partial charge in [0.15, 0.2) is 5.69 Å². The van der Waals surface area contributed by atoms with Gasteiger partial charge in [-0.2, -0.15) is 5.10 Å². The minimum atomic E-state index is -0.0848. The molecule has 0 unspecified atom stereocenters. The molecule has 2 N–H and O–H groups in total. The van der Waals surface area contributed by atoms with Crippen molar-refractivity contribution in [3.8, 4) is 0 Å². The van der Waals surface area contributed by atoms with Gasteiger partial charge in [0.2, 0.25) is 5.95 Å². The van der Waals surface area contributed by atoms with Crippen LogP contribution >= 0.6 is 0 Å². The molecule has 1 aliphatic carbocycles. The smallest absolute Gasteiger partial charge is 0.272 e. The first-order chi connectivity index (χ1) is 13.2. The quantitative estimate of drug-likeness (QED) is 0.707. The molecule has 0 radical (unpaired) electrons. The molecule has 3 aromatic rings. The van der Waals surface area contributed by atoms with E-state index in [4.69, 9.17) is 4.98 Å². The van der Waals surface area contributed by atoms with Gasteiger partial charge in [0.05, 0.1) is 36.4 Å². The SMILES string of the molecule is O=C(NC1CC1)c1cc2n(n1)CCN(c1nc3ccccc3n1CCO)C2. The number of aromatic nitrogens is 4. The maximum Gasteiger partial charge on any atom is 0.272 e. The molecule has 2 aromatic heterocycles. The number of hydrogen-bond acceptors (Lipinski definition) is 5. The molecule has 1 saturated carbocycles. The summed E-state index contributed by atoms with van der Waals surface area (Å²) in [6, 6.07) is 10.2. The van der Waals surface area contributed by atoms with Crippen LogP contribution in [0.5, 0.6) is 0 Å². The molecule has 8 heteroatoms. The monoisotopic (exact) mass is 366 g/mol. The number of para-hydroxylation sites is 2. The van der Waals surface area contributed by atoms with Crippen LogP contribution in [0.1, 0.15) is 29.0 Å². The van der Waals surface area contributed by atoms with Gasteiger partial charge in [-0.25, -0.2) is 4.98 Å². The Hall–Kier alpha value is -2.87. The fourth-order valence-corrected chi connectivity index (χ4v) is 3.66. The zero-order valence-electron chi connectivity index (χ0n) is 15.0. The maximum absolute atomic E-state index is 12.3. The predicted molar refractivity (Wildman–Crippen MR) is 101 cm³/mol. The largest absolute Gasteiger partial charge is 0.395 e. The highest BCUT2D eigenvalue weighted by Crippen LogP contribution is 2.26. The number of carbonyl (C=O) groups is 1. The number of nitrogens with one attached hydrogen (secondary N) is 1. The Morgan fingerprint density at radius 2 is 2.11 bits per heavy atom. The first-order valence-corrected chi connectivity index (χ1v) is 9.41. The van der Waals surface area contributed by atoms with Gasteiger partial charge in [-0.1, -0.05) is 12.1 Å². The second kappa shape index (κ2) is 6.38. The number of aliphatic hydroxyl groups is 1. The molecule has 0 saturated heterocycles. The lowest BCUT2D eigenvalue weighted by Crippen LogP contribution is -2.35. The van der Waals surface area contributed by atoms with E-state index in [0.717, 1.165) is 42.1 Å². The topological polar surface area (TPSA) is 88.2 Å². The van der Waals surface area contributed by atoms with E-state index in [9.17, 15) is 9.90 Å². The van der Waals surface area contributed by atoms with E-state index in [0.29, 0.717) is 31.4 Å². The third-order valence-electron chi connectivity index (χ3n) is 5.18. The second-order valence-corrected chi connectivity index (χ2v) is 7.19. The van der Waals surface area contributed by atoms with Crippen LogP contribution < -0.4 is 10.2 Å². The first-order valence-electron chi connectivity index (χ1n) is 9.41. The molecule has 1 aromatic carbocycles. The van der Waals surface area contributed by atoms with E-state index >= 15 is 0 Å². The summed E-state index contributed by atoms with van der Waals surface area (Å²) in [5.41, 5.74) is 3.43. The predicted octanol–water partition coefficient (Wildman–Crippen LogP) is 1.14. The molecule has 2 aliphatic rings. The summed E-state index contributed by atoms with van der Waals surface area (Å²) in [5.74, 6) is 0.764. The number of nitrogens with zero attached hydrogens (tertiary/aromatic N) is 5. The van der Waals surface area contributed by atoms with E-state index in [1.807, 2.05) is 35.0 Å². The number of carbonyl (C=O) groups excluding carboxylic acids is 1. The first kappa shape index (κ1) is 16.3. The Bertz CT molecular complexity index is 1000. The van der Waals surface area contributed by atoms with E-state index in [1.54, 1.807) is 0 Å². The molecule has 5 rings (SSSR count). The molecule has 1 aliphatic heterocycles. The average Bonchev–Trinajstić information content (AvgIpc) is 3.27. The van der Waals surface area contributed by atoms with Gasteiger partial charge in [-0.05, 0) is 31.0 Å². The molecule has 140 valence electrons. The molecule has 0 atom stereocenters. The molecule has 3 heterocycles. The zero-order chi connectivity index (χ0) is 18.4. The number of fused-ring (bicyclic) bond motifs is 2. The van der Waals surface area contributed by atoms with Gasteiger partial charge >= 0.3 is 0 Å². The summed E-state index contributed by atoms with van der Waals surface area (Å²) in [5, 5.41) is 17.0. The van der Waals surface area contributed by atoms with Crippen LogP contribution in [0.25, 0.3) is 11.0 Å². The number of anilines is 1. The fourth-order valence-electron chi connectivity index (χ4n) is 3.66. The molecule has 8 nitrogen and oxygen atoms in total. The fraction of sp³-hybridized carbons (Fsp3) is 0.421. The van der Waals surface area contributed by atoms with Crippen LogP contribution in [0.4, 0.5) is 5.95 Å². The third-order valence-corrected chi connectivity index (χ3v) is 5.18. The number of aliphatic hydroxyl groups excluding tert-OH is 1. The molecular formula is C19H22N6O2. The Labute approximate surface area is 156 Å². The number of hydrogen-bond donors (Lipinski definition) is 2. The molecule has 1 amide bonds. The van der Waals surface area contributed by atoms with Crippen LogP contribution in [-0.2, 0) is 19.6 Å². The summed E-state index contributed by atoms with van der Waals surface area (Å²) in [6.45, 7) is 2.66. The Morgan fingerprint density at radius 3 is 2.93 bits per heavy atom. The van der Waals surface area contributed by atoms with Crippen molar-refractivity contribution in [1.82, 2.24) is 24.6 Å². The lowest BCUT2D eigenvalue weighted by atomic mass is 10.3. The molecular weight excluding hydrogens is 344 g/mol. The number of benzene rings is 1. The van der Waals surface area contributed by atoms with Crippen LogP contribution in [0.15, 0.2) is 30.3 Å². The second-order valence-electron chi connectivity index (χ2n) is 7.19. The highest BCUT2D eigenvalue weighted by molar-refractivity contribution is 5.92. The molecule has 0 spiro atoms. The van der Waals surface area contributed by atoms with E-state index in [-0.39, 0.29) is 12.5 Å². The minimum absolute atomic E-state index is 0.0601. The summed E-state index contributed by atoms with van der Waals surface area (Å²) in [6.07, 6.45) is 2.13. The summed E-state index contributed by atoms with van der Waals surface area (Å²) in [7, 11) is 0. The zero-order valence-corrected chi connectivity index (χ0v) is 15.0. The van der Waals surface area contributed by atoms with Crippen molar-refractivity contribution in [1.29, 1.82) is 0 Å². The number of amides is 1. The van der Waals surface area contributed by atoms with Gasteiger partial charge in [-0.15, -0.1) is 0 Å².